The molecule has 0 aliphatic heterocycles. The minimum absolute atomic E-state index is 0.288. The van der Waals surface area contributed by atoms with Crippen LogP contribution in [0.4, 0.5) is 4.39 Å². The molecule has 1 aromatic carbocycles. The summed E-state index contributed by atoms with van der Waals surface area (Å²) in [7, 11) is 1.75. The van der Waals surface area contributed by atoms with E-state index in [1.54, 1.807) is 30.1 Å². The number of hydrogen-bond donors (Lipinski definition) is 1. The molecule has 0 saturated carbocycles. The molecule has 1 heterocycles. The number of benzene rings is 1. The molecule has 0 saturated heterocycles. The van der Waals surface area contributed by atoms with E-state index < -0.39 is 6.10 Å². The van der Waals surface area contributed by atoms with Crippen LogP contribution in [-0.2, 0) is 13.5 Å². The topological polar surface area (TPSA) is 50.9 Å². The Morgan fingerprint density at radius 2 is 2.29 bits per heavy atom. The summed E-state index contributed by atoms with van der Waals surface area (Å²) < 4.78 is 15.1. The third-order valence-electron chi connectivity index (χ3n) is 2.39. The van der Waals surface area contributed by atoms with Crippen molar-refractivity contribution in [3.63, 3.8) is 0 Å². The van der Waals surface area contributed by atoms with E-state index in [1.807, 2.05) is 0 Å². The number of hydrogen-bond acceptors (Lipinski definition) is 3. The lowest BCUT2D eigenvalue weighted by atomic mass is 10.1. The molecule has 90 valence electrons. The van der Waals surface area contributed by atoms with Crippen LogP contribution in [0.3, 0.4) is 0 Å². The van der Waals surface area contributed by atoms with Gasteiger partial charge in [0.15, 0.2) is 0 Å². The fraction of sp³-hybridized carbons (Fsp3) is 0.273. The van der Waals surface area contributed by atoms with Gasteiger partial charge in [-0.3, -0.25) is 4.68 Å². The molecule has 1 unspecified atom stereocenters. The van der Waals surface area contributed by atoms with Crippen molar-refractivity contribution in [2.45, 2.75) is 12.5 Å². The highest BCUT2D eigenvalue weighted by Gasteiger charge is 2.15. The number of nitrogens with zero attached hydrogens (tertiary/aromatic N) is 3. The lowest BCUT2D eigenvalue weighted by molar-refractivity contribution is 0.176. The second kappa shape index (κ2) is 4.93. The summed E-state index contributed by atoms with van der Waals surface area (Å²) >= 11 is 3.12. The first kappa shape index (κ1) is 12.2. The van der Waals surface area contributed by atoms with Gasteiger partial charge in [-0.05, 0) is 27.6 Å². The minimum atomic E-state index is -0.809. The fourth-order valence-corrected chi connectivity index (χ4v) is 2.10. The lowest BCUT2D eigenvalue weighted by Crippen LogP contribution is -2.04. The zero-order valence-electron chi connectivity index (χ0n) is 9.14. The van der Waals surface area contributed by atoms with Crippen LogP contribution in [0.15, 0.2) is 28.9 Å². The maximum atomic E-state index is 13.3. The first-order valence-electron chi connectivity index (χ1n) is 5.05. The van der Waals surface area contributed by atoms with Gasteiger partial charge in [-0.25, -0.2) is 4.39 Å². The molecule has 2 rings (SSSR count). The molecule has 0 bridgehead atoms. The summed E-state index contributed by atoms with van der Waals surface area (Å²) in [5.41, 5.74) is 1.17. The second-order valence-corrected chi connectivity index (χ2v) is 4.54. The first-order chi connectivity index (χ1) is 8.08. The summed E-state index contributed by atoms with van der Waals surface area (Å²) in [6.45, 7) is 0. The number of halogens is 2. The minimum Gasteiger partial charge on any atom is -0.388 e. The smallest absolute Gasteiger partial charge is 0.137 e. The highest BCUT2D eigenvalue weighted by atomic mass is 79.9. The zero-order chi connectivity index (χ0) is 12.4. The molecular weight excluding hydrogens is 289 g/mol. The Balaban J connectivity index is 2.20. The van der Waals surface area contributed by atoms with Crippen LogP contribution in [0.25, 0.3) is 0 Å². The molecule has 2 aromatic rings. The van der Waals surface area contributed by atoms with Gasteiger partial charge in [0.25, 0.3) is 0 Å². The molecule has 0 aliphatic rings. The van der Waals surface area contributed by atoms with Crippen LogP contribution in [0.5, 0.6) is 0 Å². The highest BCUT2D eigenvalue weighted by Crippen LogP contribution is 2.27. The van der Waals surface area contributed by atoms with Gasteiger partial charge in [0, 0.05) is 19.7 Å². The second-order valence-electron chi connectivity index (χ2n) is 3.75. The van der Waals surface area contributed by atoms with Crippen LogP contribution in [0.2, 0.25) is 0 Å². The van der Waals surface area contributed by atoms with E-state index in [1.165, 1.54) is 6.07 Å². The van der Waals surface area contributed by atoms with Gasteiger partial charge in [-0.2, -0.15) is 0 Å². The van der Waals surface area contributed by atoms with E-state index in [0.717, 1.165) is 0 Å². The summed E-state index contributed by atoms with van der Waals surface area (Å²) in [6, 6.07) is 4.58. The summed E-state index contributed by atoms with van der Waals surface area (Å²) in [6.07, 6.45) is 1.21. The van der Waals surface area contributed by atoms with E-state index in [4.69, 9.17) is 0 Å². The van der Waals surface area contributed by atoms with Crippen molar-refractivity contribution in [1.29, 1.82) is 0 Å². The Morgan fingerprint density at radius 1 is 1.53 bits per heavy atom. The van der Waals surface area contributed by atoms with Gasteiger partial charge in [0.05, 0.1) is 16.3 Å². The first-order valence-corrected chi connectivity index (χ1v) is 5.84. The van der Waals surface area contributed by atoms with Crippen molar-refractivity contribution in [2.75, 3.05) is 0 Å². The predicted molar refractivity (Wildman–Crippen MR) is 63.8 cm³/mol. The molecule has 1 atom stereocenters. The number of rotatable bonds is 3. The standard InChI is InChI=1S/C11H11BrFN3O/c1-16-6-7(14-15-16)5-10(17)8-3-2-4-9(13)11(8)12/h2-4,6,10,17H,5H2,1H3. The Kier molecular flexibility index (Phi) is 3.54. The molecular formula is C11H11BrFN3O. The van der Waals surface area contributed by atoms with Gasteiger partial charge in [0.1, 0.15) is 5.82 Å². The van der Waals surface area contributed by atoms with Crippen LogP contribution in [0, 0.1) is 5.82 Å². The molecule has 0 aliphatic carbocycles. The van der Waals surface area contributed by atoms with Gasteiger partial charge in [-0.1, -0.05) is 17.3 Å². The van der Waals surface area contributed by atoms with Gasteiger partial charge < -0.3 is 5.11 Å². The summed E-state index contributed by atoms with van der Waals surface area (Å²) in [5, 5.41) is 17.7. The molecule has 0 fully saturated rings. The van der Waals surface area contributed by atoms with Crippen molar-refractivity contribution >= 4 is 15.9 Å². The molecule has 1 N–H and O–H groups in total. The number of aromatic nitrogens is 3. The molecule has 0 spiro atoms. The van der Waals surface area contributed by atoms with Crippen LogP contribution in [0.1, 0.15) is 17.4 Å². The monoisotopic (exact) mass is 299 g/mol. The summed E-state index contributed by atoms with van der Waals surface area (Å²) in [4.78, 5) is 0. The van der Waals surface area contributed by atoms with Crippen molar-refractivity contribution in [2.24, 2.45) is 7.05 Å². The van der Waals surface area contributed by atoms with Crippen LogP contribution >= 0.6 is 15.9 Å². The average Bonchev–Trinajstić information content (AvgIpc) is 2.68. The molecule has 0 amide bonds. The van der Waals surface area contributed by atoms with Crippen LogP contribution < -0.4 is 0 Å². The van der Waals surface area contributed by atoms with E-state index in [-0.39, 0.29) is 10.3 Å². The number of aliphatic hydroxyl groups is 1. The Hall–Kier alpha value is -1.27. The largest absolute Gasteiger partial charge is 0.388 e. The fourth-order valence-electron chi connectivity index (χ4n) is 1.57. The Labute approximate surface area is 106 Å². The SMILES string of the molecule is Cn1cc(CC(O)c2cccc(F)c2Br)nn1. The number of aryl methyl sites for hydroxylation is 1. The zero-order valence-corrected chi connectivity index (χ0v) is 10.7. The molecule has 6 heteroatoms. The van der Waals surface area contributed by atoms with Gasteiger partial charge in [0.2, 0.25) is 0 Å². The van der Waals surface area contributed by atoms with Crippen molar-refractivity contribution < 1.29 is 9.50 Å². The Morgan fingerprint density at radius 3 is 2.94 bits per heavy atom. The van der Waals surface area contributed by atoms with E-state index in [0.29, 0.717) is 17.7 Å². The third kappa shape index (κ3) is 2.70. The average molecular weight is 300 g/mol. The van der Waals surface area contributed by atoms with Gasteiger partial charge in [-0.15, -0.1) is 5.10 Å². The lowest BCUT2D eigenvalue weighted by Gasteiger charge is -2.11. The van der Waals surface area contributed by atoms with Crippen molar-refractivity contribution in [3.8, 4) is 0 Å². The van der Waals surface area contributed by atoms with Crippen LogP contribution in [-0.4, -0.2) is 20.1 Å². The van der Waals surface area contributed by atoms with Gasteiger partial charge >= 0.3 is 0 Å². The van der Waals surface area contributed by atoms with Crippen molar-refractivity contribution in [3.05, 3.63) is 45.9 Å². The quantitative estimate of drug-likeness (QED) is 0.943. The van der Waals surface area contributed by atoms with E-state index in [9.17, 15) is 9.50 Å². The predicted octanol–water partition coefficient (Wildman–Crippen LogP) is 1.99. The molecule has 4 nitrogen and oxygen atoms in total. The maximum Gasteiger partial charge on any atom is 0.137 e. The molecule has 0 radical (unpaired) electrons. The Bertz CT molecular complexity index is 529. The molecule has 1 aromatic heterocycles. The third-order valence-corrected chi connectivity index (χ3v) is 3.23. The molecule has 17 heavy (non-hydrogen) atoms. The van der Waals surface area contributed by atoms with Crippen molar-refractivity contribution in [1.82, 2.24) is 15.0 Å². The van der Waals surface area contributed by atoms with E-state index in [2.05, 4.69) is 26.2 Å². The number of aliphatic hydroxyl groups excluding tert-OH is 1. The highest BCUT2D eigenvalue weighted by molar-refractivity contribution is 9.10. The maximum absolute atomic E-state index is 13.3. The normalized spacial score (nSPS) is 12.7. The summed E-state index contributed by atoms with van der Waals surface area (Å²) in [5.74, 6) is -0.388. The van der Waals surface area contributed by atoms with E-state index >= 15 is 0 Å².